The van der Waals surface area contributed by atoms with Gasteiger partial charge in [0.15, 0.2) is 0 Å². The Balaban J connectivity index is 2.34. The summed E-state index contributed by atoms with van der Waals surface area (Å²) in [5.74, 6) is 0.353. The van der Waals surface area contributed by atoms with Crippen LogP contribution in [0.4, 0.5) is 0 Å². The molecule has 3 nitrogen and oxygen atoms in total. The maximum Gasteiger partial charge on any atom is 0.307 e. The van der Waals surface area contributed by atoms with Gasteiger partial charge in [0.05, 0.1) is 5.92 Å². The SMILES string of the molecule is CC(C)CC(CNC1CCC(C(C)(C)C)CC1)C(=O)O. The molecular weight excluding hydrogens is 250 g/mol. The number of hydrogen-bond donors (Lipinski definition) is 2. The van der Waals surface area contributed by atoms with Gasteiger partial charge in [-0.2, -0.15) is 0 Å². The molecule has 2 N–H and O–H groups in total. The summed E-state index contributed by atoms with van der Waals surface area (Å²) in [5.41, 5.74) is 0.409. The normalized spacial score (nSPS) is 25.7. The van der Waals surface area contributed by atoms with Gasteiger partial charge in [-0.3, -0.25) is 4.79 Å². The van der Waals surface area contributed by atoms with E-state index in [0.717, 1.165) is 12.3 Å². The molecule has 1 atom stereocenters. The monoisotopic (exact) mass is 283 g/mol. The van der Waals surface area contributed by atoms with Crippen molar-refractivity contribution in [2.45, 2.75) is 72.8 Å². The molecule has 1 fully saturated rings. The fourth-order valence-corrected chi connectivity index (χ4v) is 3.31. The number of hydrogen-bond acceptors (Lipinski definition) is 2. The summed E-state index contributed by atoms with van der Waals surface area (Å²) >= 11 is 0. The van der Waals surface area contributed by atoms with Gasteiger partial charge in [-0.1, -0.05) is 34.6 Å². The average molecular weight is 283 g/mol. The van der Waals surface area contributed by atoms with Crippen molar-refractivity contribution in [3.8, 4) is 0 Å². The number of carbonyl (C=O) groups is 1. The van der Waals surface area contributed by atoms with Gasteiger partial charge in [0.2, 0.25) is 0 Å². The lowest BCUT2D eigenvalue weighted by molar-refractivity contribution is -0.142. The summed E-state index contributed by atoms with van der Waals surface area (Å²) in [4.78, 5) is 11.3. The second kappa shape index (κ2) is 7.44. The standard InChI is InChI=1S/C17H33NO2/c1-12(2)10-13(16(19)20)11-18-15-8-6-14(7-9-15)17(3,4)5/h12-15,18H,6-11H2,1-5H3,(H,19,20). The van der Waals surface area contributed by atoms with Crippen molar-refractivity contribution in [2.75, 3.05) is 6.54 Å². The highest BCUT2D eigenvalue weighted by atomic mass is 16.4. The quantitative estimate of drug-likeness (QED) is 0.776. The van der Waals surface area contributed by atoms with Gasteiger partial charge in [0.1, 0.15) is 0 Å². The number of aliphatic carboxylic acids is 1. The predicted octanol–water partition coefficient (Wildman–Crippen LogP) is 3.93. The molecule has 0 radical (unpaired) electrons. The minimum absolute atomic E-state index is 0.240. The van der Waals surface area contributed by atoms with Crippen molar-refractivity contribution in [1.82, 2.24) is 5.32 Å². The Morgan fingerprint density at radius 1 is 1.20 bits per heavy atom. The number of nitrogens with one attached hydrogen (secondary N) is 1. The summed E-state index contributed by atoms with van der Waals surface area (Å²) < 4.78 is 0. The maximum absolute atomic E-state index is 11.3. The zero-order valence-corrected chi connectivity index (χ0v) is 13.9. The molecule has 20 heavy (non-hydrogen) atoms. The van der Waals surface area contributed by atoms with Gasteiger partial charge in [-0.05, 0) is 49.4 Å². The highest BCUT2D eigenvalue weighted by molar-refractivity contribution is 5.70. The lowest BCUT2D eigenvalue weighted by atomic mass is 9.71. The summed E-state index contributed by atoms with van der Waals surface area (Å²) in [5, 5.41) is 12.8. The van der Waals surface area contributed by atoms with Gasteiger partial charge < -0.3 is 10.4 Å². The van der Waals surface area contributed by atoms with Crippen LogP contribution in [0.5, 0.6) is 0 Å². The third-order valence-electron chi connectivity index (χ3n) is 4.71. The van der Waals surface area contributed by atoms with Crippen LogP contribution in [0.25, 0.3) is 0 Å². The third-order valence-corrected chi connectivity index (χ3v) is 4.71. The van der Waals surface area contributed by atoms with Crippen molar-refractivity contribution in [1.29, 1.82) is 0 Å². The first-order chi connectivity index (χ1) is 9.20. The molecule has 1 unspecified atom stereocenters. The summed E-state index contributed by atoms with van der Waals surface area (Å²) in [6.45, 7) is 11.8. The van der Waals surface area contributed by atoms with Crippen LogP contribution in [0.15, 0.2) is 0 Å². The van der Waals surface area contributed by atoms with Crippen molar-refractivity contribution >= 4 is 5.97 Å². The van der Waals surface area contributed by atoms with E-state index in [9.17, 15) is 9.90 Å². The van der Waals surface area contributed by atoms with E-state index < -0.39 is 5.97 Å². The van der Waals surface area contributed by atoms with E-state index >= 15 is 0 Å². The van der Waals surface area contributed by atoms with Crippen LogP contribution in [0.1, 0.15) is 66.7 Å². The zero-order chi connectivity index (χ0) is 15.3. The van der Waals surface area contributed by atoms with Crippen LogP contribution in [0.2, 0.25) is 0 Å². The van der Waals surface area contributed by atoms with Gasteiger partial charge in [0.25, 0.3) is 0 Å². The minimum atomic E-state index is -0.658. The second-order valence-electron chi connectivity index (χ2n) is 7.99. The lowest BCUT2D eigenvalue weighted by Crippen LogP contribution is -2.40. The highest BCUT2D eigenvalue weighted by Gasteiger charge is 2.30. The van der Waals surface area contributed by atoms with Crippen LogP contribution >= 0.6 is 0 Å². The van der Waals surface area contributed by atoms with Crippen LogP contribution in [-0.2, 0) is 4.79 Å². The number of carboxylic acids is 1. The van der Waals surface area contributed by atoms with Crippen molar-refractivity contribution in [3.63, 3.8) is 0 Å². The van der Waals surface area contributed by atoms with E-state index in [1.807, 2.05) is 0 Å². The molecule has 0 amide bonds. The van der Waals surface area contributed by atoms with Gasteiger partial charge in [0, 0.05) is 12.6 Å². The van der Waals surface area contributed by atoms with Crippen molar-refractivity contribution in [2.24, 2.45) is 23.2 Å². The van der Waals surface area contributed by atoms with E-state index in [2.05, 4.69) is 39.9 Å². The topological polar surface area (TPSA) is 49.3 Å². The Kier molecular flexibility index (Phi) is 6.50. The van der Waals surface area contributed by atoms with E-state index in [0.29, 0.717) is 23.9 Å². The predicted molar refractivity (Wildman–Crippen MR) is 83.8 cm³/mol. The molecule has 1 aliphatic rings. The molecule has 1 rings (SSSR count). The Morgan fingerprint density at radius 2 is 1.75 bits per heavy atom. The van der Waals surface area contributed by atoms with Crippen molar-refractivity contribution < 1.29 is 9.90 Å². The minimum Gasteiger partial charge on any atom is -0.481 e. The first-order valence-electron chi connectivity index (χ1n) is 8.16. The number of rotatable bonds is 6. The fourth-order valence-electron chi connectivity index (χ4n) is 3.31. The molecule has 1 aliphatic carbocycles. The molecule has 3 heteroatoms. The number of carboxylic acid groups (broad SMARTS) is 1. The van der Waals surface area contributed by atoms with E-state index in [1.54, 1.807) is 0 Å². The van der Waals surface area contributed by atoms with Crippen LogP contribution in [-0.4, -0.2) is 23.7 Å². The van der Waals surface area contributed by atoms with E-state index in [-0.39, 0.29) is 5.92 Å². The van der Waals surface area contributed by atoms with Crippen LogP contribution in [0.3, 0.4) is 0 Å². The first-order valence-corrected chi connectivity index (χ1v) is 8.16. The Morgan fingerprint density at radius 3 is 2.15 bits per heavy atom. The second-order valence-corrected chi connectivity index (χ2v) is 7.99. The fraction of sp³-hybridized carbons (Fsp3) is 0.941. The Bertz CT molecular complexity index is 299. The van der Waals surface area contributed by atoms with Gasteiger partial charge >= 0.3 is 5.97 Å². The van der Waals surface area contributed by atoms with Crippen LogP contribution < -0.4 is 5.32 Å². The first kappa shape index (κ1) is 17.5. The molecule has 0 aromatic rings. The molecule has 0 aliphatic heterocycles. The lowest BCUT2D eigenvalue weighted by Gasteiger charge is -2.37. The summed E-state index contributed by atoms with van der Waals surface area (Å²) in [6, 6.07) is 0.516. The third kappa shape index (κ3) is 5.82. The average Bonchev–Trinajstić information content (AvgIpc) is 2.33. The van der Waals surface area contributed by atoms with E-state index in [1.165, 1.54) is 25.7 Å². The van der Waals surface area contributed by atoms with Gasteiger partial charge in [-0.15, -0.1) is 0 Å². The van der Waals surface area contributed by atoms with Crippen molar-refractivity contribution in [3.05, 3.63) is 0 Å². The Labute approximate surface area is 124 Å². The van der Waals surface area contributed by atoms with E-state index in [4.69, 9.17) is 0 Å². The summed E-state index contributed by atoms with van der Waals surface area (Å²) in [6.07, 6.45) is 5.68. The molecular formula is C17H33NO2. The maximum atomic E-state index is 11.3. The molecule has 0 aromatic heterocycles. The largest absolute Gasteiger partial charge is 0.481 e. The smallest absolute Gasteiger partial charge is 0.307 e. The molecule has 0 saturated heterocycles. The Hall–Kier alpha value is -0.570. The molecule has 0 bridgehead atoms. The molecule has 1 saturated carbocycles. The molecule has 0 heterocycles. The summed E-state index contributed by atoms with van der Waals surface area (Å²) in [7, 11) is 0. The molecule has 118 valence electrons. The van der Waals surface area contributed by atoms with Gasteiger partial charge in [-0.25, -0.2) is 0 Å². The molecule has 0 spiro atoms. The highest BCUT2D eigenvalue weighted by Crippen LogP contribution is 2.37. The van der Waals surface area contributed by atoms with Crippen LogP contribution in [0, 0.1) is 23.2 Å². The zero-order valence-electron chi connectivity index (χ0n) is 13.9. The molecule has 0 aromatic carbocycles.